The van der Waals surface area contributed by atoms with Gasteiger partial charge in [-0.2, -0.15) is 0 Å². The molecule has 0 saturated carbocycles. The number of pyridine rings is 1. The summed E-state index contributed by atoms with van der Waals surface area (Å²) in [6.07, 6.45) is 2.23. The normalized spacial score (nSPS) is 11.0. The molecule has 2 aromatic heterocycles. The van der Waals surface area contributed by atoms with Crippen LogP contribution in [0.1, 0.15) is 22.3 Å². The average molecular weight is 418 g/mol. The van der Waals surface area contributed by atoms with Gasteiger partial charge in [0.1, 0.15) is 11.3 Å². The highest BCUT2D eigenvalue weighted by atomic mass is 35.5. The number of aliphatic hydroxyl groups is 1. The van der Waals surface area contributed by atoms with Crippen LogP contribution in [0.3, 0.4) is 0 Å². The van der Waals surface area contributed by atoms with E-state index in [-0.39, 0.29) is 6.61 Å². The summed E-state index contributed by atoms with van der Waals surface area (Å²) < 4.78 is 6.75. The zero-order valence-corrected chi connectivity index (χ0v) is 17.6. The minimum atomic E-state index is -0.475. The molecule has 1 aromatic carbocycles. The molecule has 8 nitrogen and oxygen atoms in total. The van der Waals surface area contributed by atoms with E-state index in [9.17, 15) is 9.90 Å². The van der Waals surface area contributed by atoms with Crippen LogP contribution in [0.2, 0.25) is 5.02 Å². The van der Waals surface area contributed by atoms with E-state index >= 15 is 0 Å². The van der Waals surface area contributed by atoms with Crippen LogP contribution < -0.4 is 10.2 Å². The zero-order valence-electron chi connectivity index (χ0n) is 16.9. The molecule has 29 heavy (non-hydrogen) atoms. The number of aromatic nitrogens is 3. The van der Waals surface area contributed by atoms with Crippen LogP contribution in [-0.4, -0.2) is 53.4 Å². The molecule has 0 fully saturated rings. The van der Waals surface area contributed by atoms with Gasteiger partial charge in [-0.1, -0.05) is 11.6 Å². The second kappa shape index (κ2) is 8.67. The molecule has 9 heteroatoms. The maximum atomic E-state index is 12.3. The van der Waals surface area contributed by atoms with Crippen LogP contribution in [0.5, 0.6) is 0 Å². The van der Waals surface area contributed by atoms with Crippen molar-refractivity contribution in [1.82, 2.24) is 14.5 Å². The Morgan fingerprint density at radius 2 is 2.14 bits per heavy atom. The van der Waals surface area contributed by atoms with Crippen molar-refractivity contribution in [3.05, 3.63) is 40.5 Å². The van der Waals surface area contributed by atoms with Crippen molar-refractivity contribution in [2.75, 3.05) is 38.0 Å². The highest BCUT2D eigenvalue weighted by molar-refractivity contribution is 6.35. The Bertz CT molecular complexity index is 1050. The first kappa shape index (κ1) is 20.9. The molecule has 0 spiro atoms. The summed E-state index contributed by atoms with van der Waals surface area (Å²) in [5.41, 5.74) is 3.19. The van der Waals surface area contributed by atoms with E-state index in [4.69, 9.17) is 16.3 Å². The molecule has 0 saturated heterocycles. The van der Waals surface area contributed by atoms with Crippen LogP contribution in [0, 0.1) is 6.92 Å². The molecular formula is C20H24ClN5O3. The summed E-state index contributed by atoms with van der Waals surface area (Å²) in [5.74, 6) is 0.878. The minimum Gasteiger partial charge on any atom is -0.465 e. The van der Waals surface area contributed by atoms with E-state index < -0.39 is 5.97 Å². The van der Waals surface area contributed by atoms with Gasteiger partial charge < -0.3 is 24.6 Å². The van der Waals surface area contributed by atoms with Gasteiger partial charge in [0.25, 0.3) is 0 Å². The number of rotatable bonds is 7. The molecule has 0 atom stereocenters. The lowest BCUT2D eigenvalue weighted by atomic mass is 10.2. The number of nitrogens with zero attached hydrogens (tertiary/aromatic N) is 4. The molecule has 0 aliphatic carbocycles. The molecule has 0 unspecified atom stereocenters. The number of hydrogen-bond donors (Lipinski definition) is 2. The van der Waals surface area contributed by atoms with E-state index in [0.717, 1.165) is 17.1 Å². The molecule has 154 valence electrons. The highest BCUT2D eigenvalue weighted by Crippen LogP contribution is 2.32. The van der Waals surface area contributed by atoms with Gasteiger partial charge in [-0.3, -0.25) is 0 Å². The third kappa shape index (κ3) is 4.13. The van der Waals surface area contributed by atoms with Crippen LogP contribution in [-0.2, 0) is 11.3 Å². The summed E-state index contributed by atoms with van der Waals surface area (Å²) in [5, 5.41) is 13.1. The fourth-order valence-corrected chi connectivity index (χ4v) is 3.26. The van der Waals surface area contributed by atoms with Crippen molar-refractivity contribution in [2.45, 2.75) is 19.9 Å². The van der Waals surface area contributed by atoms with E-state index in [2.05, 4.69) is 15.3 Å². The van der Waals surface area contributed by atoms with Gasteiger partial charge in [-0.05, 0) is 37.1 Å². The summed E-state index contributed by atoms with van der Waals surface area (Å²) in [7, 11) is 5.19. The van der Waals surface area contributed by atoms with Crippen molar-refractivity contribution in [1.29, 1.82) is 0 Å². The predicted octanol–water partition coefficient (Wildman–Crippen LogP) is 3.37. The van der Waals surface area contributed by atoms with E-state index in [1.807, 2.05) is 36.6 Å². The number of benzene rings is 1. The summed E-state index contributed by atoms with van der Waals surface area (Å²) in [6, 6.07) is 5.22. The van der Waals surface area contributed by atoms with Crippen LogP contribution in [0.15, 0.2) is 24.4 Å². The van der Waals surface area contributed by atoms with E-state index in [1.165, 1.54) is 7.11 Å². The molecule has 0 amide bonds. The molecule has 0 aliphatic heterocycles. The Labute approximate surface area is 174 Å². The fraction of sp³-hybridized carbons (Fsp3) is 0.350. The summed E-state index contributed by atoms with van der Waals surface area (Å²) >= 11 is 6.36. The number of nitrogens with one attached hydrogen (secondary N) is 1. The van der Waals surface area contributed by atoms with Crippen molar-refractivity contribution < 1.29 is 14.6 Å². The molecule has 0 aliphatic rings. The molecule has 0 radical (unpaired) electrons. The number of methoxy groups -OCH3 is 1. The number of imidazole rings is 1. The Balaban J connectivity index is 2.14. The Hall–Kier alpha value is -2.84. The predicted molar refractivity (Wildman–Crippen MR) is 114 cm³/mol. The molecule has 0 bridgehead atoms. The molecule has 2 heterocycles. The summed E-state index contributed by atoms with van der Waals surface area (Å²) in [4.78, 5) is 23.3. The van der Waals surface area contributed by atoms with Gasteiger partial charge in [0, 0.05) is 27.2 Å². The number of aryl methyl sites for hydroxylation is 2. The standard InChI is InChI=1S/C20H24ClN5O3/c1-12-10-16(25(2)3)22-11-15(12)23-20-24-17-14(21)7-6-13(19(28)29-4)18(17)26(20)8-5-9-27/h6-7,10-11,27H,5,8-9H2,1-4H3,(H,23,24). The number of ether oxygens (including phenoxy) is 1. The van der Waals surface area contributed by atoms with Gasteiger partial charge in [0.15, 0.2) is 0 Å². The molecule has 3 aromatic rings. The minimum absolute atomic E-state index is 0.00531. The largest absolute Gasteiger partial charge is 0.465 e. The van der Waals surface area contributed by atoms with Gasteiger partial charge in [-0.15, -0.1) is 0 Å². The van der Waals surface area contributed by atoms with Gasteiger partial charge >= 0.3 is 5.97 Å². The highest BCUT2D eigenvalue weighted by Gasteiger charge is 2.21. The van der Waals surface area contributed by atoms with Crippen molar-refractivity contribution in [3.63, 3.8) is 0 Å². The molecular weight excluding hydrogens is 394 g/mol. The number of carbonyl (C=O) groups excluding carboxylic acids is 1. The van der Waals surface area contributed by atoms with Crippen LogP contribution >= 0.6 is 11.6 Å². The number of carbonyl (C=O) groups is 1. The van der Waals surface area contributed by atoms with Crippen LogP contribution in [0.4, 0.5) is 17.5 Å². The zero-order chi connectivity index (χ0) is 21.1. The van der Waals surface area contributed by atoms with E-state index in [0.29, 0.717) is 40.5 Å². The lowest BCUT2D eigenvalue weighted by molar-refractivity contribution is 0.0602. The number of aliphatic hydroxyl groups excluding tert-OH is 1. The van der Waals surface area contributed by atoms with Gasteiger partial charge in [-0.25, -0.2) is 14.8 Å². The average Bonchev–Trinajstić information content (AvgIpc) is 3.06. The number of halogens is 1. The molecule has 3 rings (SSSR count). The Morgan fingerprint density at radius 1 is 1.38 bits per heavy atom. The first-order valence-corrected chi connectivity index (χ1v) is 9.54. The van der Waals surface area contributed by atoms with Crippen molar-refractivity contribution >= 4 is 46.1 Å². The number of hydrogen-bond acceptors (Lipinski definition) is 7. The third-order valence-corrected chi connectivity index (χ3v) is 4.90. The smallest absolute Gasteiger partial charge is 0.340 e. The third-order valence-electron chi connectivity index (χ3n) is 4.59. The van der Waals surface area contributed by atoms with Crippen molar-refractivity contribution in [3.8, 4) is 0 Å². The number of fused-ring (bicyclic) bond motifs is 1. The first-order chi connectivity index (χ1) is 13.9. The SMILES string of the molecule is COC(=O)c1ccc(Cl)c2nc(Nc3cnc(N(C)C)cc3C)n(CCCO)c12. The van der Waals surface area contributed by atoms with Crippen LogP contribution in [0.25, 0.3) is 11.0 Å². The Kier molecular flexibility index (Phi) is 6.24. The second-order valence-electron chi connectivity index (χ2n) is 6.82. The van der Waals surface area contributed by atoms with Crippen molar-refractivity contribution in [2.24, 2.45) is 0 Å². The first-order valence-electron chi connectivity index (χ1n) is 9.16. The maximum absolute atomic E-state index is 12.3. The lowest BCUT2D eigenvalue weighted by Crippen LogP contribution is -2.12. The summed E-state index contributed by atoms with van der Waals surface area (Å²) in [6.45, 7) is 2.43. The van der Waals surface area contributed by atoms with Gasteiger partial charge in [0.2, 0.25) is 5.95 Å². The quantitative estimate of drug-likeness (QED) is 0.569. The topological polar surface area (TPSA) is 92.5 Å². The second-order valence-corrected chi connectivity index (χ2v) is 7.23. The van der Waals surface area contributed by atoms with Gasteiger partial charge in [0.05, 0.1) is 35.1 Å². The van der Waals surface area contributed by atoms with E-state index in [1.54, 1.807) is 18.3 Å². The number of anilines is 3. The maximum Gasteiger partial charge on any atom is 0.340 e. The fourth-order valence-electron chi connectivity index (χ4n) is 3.06. The number of esters is 1. The lowest BCUT2D eigenvalue weighted by Gasteiger charge is -2.15. The monoisotopic (exact) mass is 417 g/mol. The molecule has 2 N–H and O–H groups in total. The Morgan fingerprint density at radius 3 is 2.76 bits per heavy atom.